The Kier molecular flexibility index (Phi) is 3.95. The number of nitrogens with zero attached hydrogens (tertiary/aromatic N) is 2. The molecule has 2 aromatic rings. The first-order valence-corrected chi connectivity index (χ1v) is 7.07. The zero-order chi connectivity index (χ0) is 14.0. The van der Waals surface area contributed by atoms with Crippen molar-refractivity contribution in [3.63, 3.8) is 0 Å². The van der Waals surface area contributed by atoms with E-state index in [2.05, 4.69) is 67.7 Å². The first kappa shape index (κ1) is 14.1. The first-order valence-electron chi connectivity index (χ1n) is 7.07. The van der Waals surface area contributed by atoms with Crippen molar-refractivity contribution >= 4 is 11.0 Å². The van der Waals surface area contributed by atoms with Crippen molar-refractivity contribution < 1.29 is 0 Å². The predicted molar refractivity (Wildman–Crippen MR) is 81.6 cm³/mol. The fourth-order valence-corrected chi connectivity index (χ4v) is 2.23. The molecule has 0 saturated heterocycles. The minimum atomic E-state index is 0.184. The fraction of sp³-hybridized carbons (Fsp3) is 0.562. The summed E-state index contributed by atoms with van der Waals surface area (Å²) in [6.07, 6.45) is 2.98. The van der Waals surface area contributed by atoms with Crippen molar-refractivity contribution in [1.29, 1.82) is 0 Å². The Morgan fingerprint density at radius 3 is 2.63 bits per heavy atom. The van der Waals surface area contributed by atoms with E-state index in [0.717, 1.165) is 18.5 Å². The number of hydrogen-bond acceptors (Lipinski definition) is 2. The van der Waals surface area contributed by atoms with Crippen LogP contribution in [0.25, 0.3) is 11.0 Å². The molecule has 2 rings (SSSR count). The molecule has 0 aliphatic heterocycles. The normalized spacial score (nSPS) is 12.5. The second kappa shape index (κ2) is 5.33. The molecule has 0 saturated carbocycles. The number of benzene rings is 1. The van der Waals surface area contributed by atoms with Gasteiger partial charge in [-0.2, -0.15) is 0 Å². The maximum atomic E-state index is 4.50. The molecule has 19 heavy (non-hydrogen) atoms. The smallest absolute Gasteiger partial charge is 0.0960 e. The molecule has 0 aliphatic rings. The molecular weight excluding hydrogens is 234 g/mol. The van der Waals surface area contributed by atoms with Crippen molar-refractivity contribution in [2.24, 2.45) is 0 Å². The molecule has 1 aromatic heterocycles. The van der Waals surface area contributed by atoms with E-state index >= 15 is 0 Å². The number of imidazole rings is 1. The average molecular weight is 259 g/mol. The maximum Gasteiger partial charge on any atom is 0.0960 e. The predicted octanol–water partition coefficient (Wildman–Crippen LogP) is 3.55. The quantitative estimate of drug-likeness (QED) is 0.910. The molecule has 0 fully saturated rings. The van der Waals surface area contributed by atoms with Gasteiger partial charge in [-0.1, -0.05) is 6.07 Å². The summed E-state index contributed by atoms with van der Waals surface area (Å²) in [5.74, 6) is 0. The van der Waals surface area contributed by atoms with Gasteiger partial charge in [0.05, 0.1) is 17.4 Å². The van der Waals surface area contributed by atoms with Crippen molar-refractivity contribution in [1.82, 2.24) is 14.9 Å². The summed E-state index contributed by atoms with van der Waals surface area (Å²) < 4.78 is 2.21. The average Bonchev–Trinajstić information content (AvgIpc) is 2.70. The van der Waals surface area contributed by atoms with Gasteiger partial charge in [0.25, 0.3) is 0 Å². The summed E-state index contributed by atoms with van der Waals surface area (Å²) in [4.78, 5) is 4.50. The summed E-state index contributed by atoms with van der Waals surface area (Å²) in [7, 11) is 0. The maximum absolute atomic E-state index is 4.50. The number of fused-ring (bicyclic) bond motifs is 1. The highest BCUT2D eigenvalue weighted by molar-refractivity contribution is 5.76. The Morgan fingerprint density at radius 2 is 2.00 bits per heavy atom. The van der Waals surface area contributed by atoms with Crippen LogP contribution in [0, 0.1) is 0 Å². The van der Waals surface area contributed by atoms with Crippen LogP contribution in [-0.2, 0) is 6.42 Å². The van der Waals surface area contributed by atoms with Crippen LogP contribution in [-0.4, -0.2) is 21.6 Å². The fourth-order valence-electron chi connectivity index (χ4n) is 2.23. The molecule has 1 aromatic carbocycles. The lowest BCUT2D eigenvalue weighted by atomic mass is 10.1. The molecule has 1 N–H and O–H groups in total. The van der Waals surface area contributed by atoms with Crippen LogP contribution in [0.2, 0.25) is 0 Å². The Bertz CT molecular complexity index is 547. The Labute approximate surface area is 116 Å². The number of rotatable bonds is 4. The van der Waals surface area contributed by atoms with Crippen molar-refractivity contribution in [3.05, 3.63) is 30.1 Å². The zero-order valence-corrected chi connectivity index (χ0v) is 12.7. The standard InChI is InChI=1S/C16H25N3/c1-12(2)19-11-17-14-10-13(6-7-15(14)19)8-9-18-16(3,4)5/h6-7,10-12,18H,8-9H2,1-5H3. The summed E-state index contributed by atoms with van der Waals surface area (Å²) >= 11 is 0. The molecular formula is C16H25N3. The lowest BCUT2D eigenvalue weighted by Gasteiger charge is -2.20. The van der Waals surface area contributed by atoms with Crippen LogP contribution in [0.5, 0.6) is 0 Å². The molecule has 0 aliphatic carbocycles. The third-order valence-corrected chi connectivity index (χ3v) is 3.26. The van der Waals surface area contributed by atoms with E-state index in [4.69, 9.17) is 0 Å². The van der Waals surface area contributed by atoms with Crippen LogP contribution in [0.3, 0.4) is 0 Å². The second-order valence-electron chi connectivity index (χ2n) is 6.50. The van der Waals surface area contributed by atoms with E-state index in [0.29, 0.717) is 6.04 Å². The molecule has 3 heteroatoms. The van der Waals surface area contributed by atoms with Crippen LogP contribution in [0.15, 0.2) is 24.5 Å². The summed E-state index contributed by atoms with van der Waals surface area (Å²) in [5.41, 5.74) is 3.85. The van der Waals surface area contributed by atoms with E-state index in [-0.39, 0.29) is 5.54 Å². The Balaban J connectivity index is 2.10. The summed E-state index contributed by atoms with van der Waals surface area (Å²) in [5, 5.41) is 3.52. The van der Waals surface area contributed by atoms with Gasteiger partial charge >= 0.3 is 0 Å². The lowest BCUT2D eigenvalue weighted by molar-refractivity contribution is 0.429. The first-order chi connectivity index (χ1) is 8.87. The molecule has 0 radical (unpaired) electrons. The molecule has 0 unspecified atom stereocenters. The van der Waals surface area contributed by atoms with Gasteiger partial charge < -0.3 is 9.88 Å². The van der Waals surface area contributed by atoms with E-state index in [9.17, 15) is 0 Å². The third-order valence-electron chi connectivity index (χ3n) is 3.26. The summed E-state index contributed by atoms with van der Waals surface area (Å²) in [6.45, 7) is 12.0. The van der Waals surface area contributed by atoms with Crippen molar-refractivity contribution in [2.45, 2.75) is 52.6 Å². The van der Waals surface area contributed by atoms with Gasteiger partial charge in [0.2, 0.25) is 0 Å². The van der Waals surface area contributed by atoms with Gasteiger partial charge in [0, 0.05) is 11.6 Å². The Hall–Kier alpha value is -1.35. The van der Waals surface area contributed by atoms with Gasteiger partial charge in [-0.05, 0) is 65.3 Å². The molecule has 1 heterocycles. The minimum absolute atomic E-state index is 0.184. The van der Waals surface area contributed by atoms with Gasteiger partial charge in [0.1, 0.15) is 0 Å². The van der Waals surface area contributed by atoms with Gasteiger partial charge in [0.15, 0.2) is 0 Å². The van der Waals surface area contributed by atoms with Gasteiger partial charge in [-0.25, -0.2) is 4.98 Å². The van der Waals surface area contributed by atoms with Crippen LogP contribution < -0.4 is 5.32 Å². The number of aromatic nitrogens is 2. The van der Waals surface area contributed by atoms with Crippen LogP contribution in [0.4, 0.5) is 0 Å². The van der Waals surface area contributed by atoms with Crippen molar-refractivity contribution in [2.75, 3.05) is 6.54 Å². The van der Waals surface area contributed by atoms with E-state index in [1.807, 2.05) is 6.33 Å². The molecule has 0 bridgehead atoms. The highest BCUT2D eigenvalue weighted by Crippen LogP contribution is 2.19. The number of nitrogens with one attached hydrogen (secondary N) is 1. The SMILES string of the molecule is CC(C)n1cnc2cc(CCNC(C)(C)C)ccc21. The van der Waals surface area contributed by atoms with Crippen LogP contribution >= 0.6 is 0 Å². The molecule has 104 valence electrons. The largest absolute Gasteiger partial charge is 0.328 e. The van der Waals surface area contributed by atoms with E-state index in [1.165, 1.54) is 11.1 Å². The minimum Gasteiger partial charge on any atom is -0.328 e. The third kappa shape index (κ3) is 3.57. The molecule has 0 spiro atoms. The van der Waals surface area contributed by atoms with Gasteiger partial charge in [-0.3, -0.25) is 0 Å². The van der Waals surface area contributed by atoms with Crippen molar-refractivity contribution in [3.8, 4) is 0 Å². The lowest BCUT2D eigenvalue weighted by Crippen LogP contribution is -2.37. The summed E-state index contributed by atoms with van der Waals surface area (Å²) in [6, 6.07) is 7.07. The zero-order valence-electron chi connectivity index (χ0n) is 12.7. The monoisotopic (exact) mass is 259 g/mol. The highest BCUT2D eigenvalue weighted by Gasteiger charge is 2.09. The van der Waals surface area contributed by atoms with Crippen LogP contribution in [0.1, 0.15) is 46.2 Å². The highest BCUT2D eigenvalue weighted by atomic mass is 15.1. The Morgan fingerprint density at radius 1 is 1.26 bits per heavy atom. The van der Waals surface area contributed by atoms with Gasteiger partial charge in [-0.15, -0.1) is 0 Å². The second-order valence-corrected chi connectivity index (χ2v) is 6.50. The number of hydrogen-bond donors (Lipinski definition) is 1. The van der Waals surface area contributed by atoms with E-state index in [1.54, 1.807) is 0 Å². The molecule has 0 atom stereocenters. The topological polar surface area (TPSA) is 29.9 Å². The van der Waals surface area contributed by atoms with E-state index < -0.39 is 0 Å². The molecule has 0 amide bonds. The molecule has 3 nitrogen and oxygen atoms in total.